The van der Waals surface area contributed by atoms with Gasteiger partial charge in [0, 0.05) is 0 Å². The van der Waals surface area contributed by atoms with Gasteiger partial charge in [0.25, 0.3) is 0 Å². The van der Waals surface area contributed by atoms with E-state index in [9.17, 15) is 0 Å². The minimum absolute atomic E-state index is 1.18. The van der Waals surface area contributed by atoms with Crippen LogP contribution >= 0.6 is 0 Å². The van der Waals surface area contributed by atoms with Crippen molar-refractivity contribution in [3.05, 3.63) is 38.0 Å². The van der Waals surface area contributed by atoms with Crippen LogP contribution in [0.2, 0.25) is 0 Å². The van der Waals surface area contributed by atoms with Crippen LogP contribution in [0.5, 0.6) is 0 Å². The molecule has 0 fully saturated rings. The molecule has 0 spiro atoms. The topological polar surface area (TPSA) is 0 Å². The number of allylic oxidation sites excluding steroid dienone is 3. The number of hydrogen-bond acceptors (Lipinski definition) is 0. The molecule has 24 heavy (non-hydrogen) atoms. The lowest BCUT2D eigenvalue weighted by molar-refractivity contribution is 0.611. The fourth-order valence-electron chi connectivity index (χ4n) is 2.13. The van der Waals surface area contributed by atoms with Crippen LogP contribution in [-0.2, 0) is 0 Å². The highest BCUT2D eigenvalue weighted by atomic mass is 13.9. The molecule has 0 aliphatic rings. The highest BCUT2D eigenvalue weighted by Crippen LogP contribution is 2.06. The van der Waals surface area contributed by atoms with Crippen LogP contribution in [0.15, 0.2) is 38.0 Å². The molecule has 0 bridgehead atoms. The fourth-order valence-corrected chi connectivity index (χ4v) is 2.13. The van der Waals surface area contributed by atoms with Gasteiger partial charge in [-0.2, -0.15) is 0 Å². The lowest BCUT2D eigenvalue weighted by Gasteiger charge is -1.96. The first-order valence-electron chi connectivity index (χ1n) is 10.6. The molecule has 0 aliphatic heterocycles. The van der Waals surface area contributed by atoms with E-state index in [2.05, 4.69) is 40.5 Å². The summed E-state index contributed by atoms with van der Waals surface area (Å²) in [5.74, 6) is 0. The summed E-state index contributed by atoms with van der Waals surface area (Å²) in [6.45, 7) is 17.6. The highest BCUT2D eigenvalue weighted by Gasteiger charge is 1.86. The van der Waals surface area contributed by atoms with Crippen molar-refractivity contribution in [1.82, 2.24) is 0 Å². The fraction of sp³-hybridized carbons (Fsp3) is 0.750. The Morgan fingerprint density at radius 1 is 0.417 bits per heavy atom. The van der Waals surface area contributed by atoms with Crippen molar-refractivity contribution in [3.63, 3.8) is 0 Å². The molecular formula is C24H48. The Labute approximate surface area is 155 Å². The van der Waals surface area contributed by atoms with Gasteiger partial charge in [-0.3, -0.25) is 0 Å². The van der Waals surface area contributed by atoms with E-state index < -0.39 is 0 Å². The van der Waals surface area contributed by atoms with Crippen LogP contribution < -0.4 is 0 Å². The van der Waals surface area contributed by atoms with Crippen LogP contribution in [0.25, 0.3) is 0 Å². The Kier molecular flexibility index (Phi) is 39.4. The van der Waals surface area contributed by atoms with Gasteiger partial charge in [-0.1, -0.05) is 103 Å². The quantitative estimate of drug-likeness (QED) is 0.206. The predicted molar refractivity (Wildman–Crippen MR) is 117 cm³/mol. The molecule has 0 atom stereocenters. The maximum absolute atomic E-state index is 3.69. The minimum Gasteiger partial charge on any atom is -0.103 e. The maximum atomic E-state index is 3.69. The largest absolute Gasteiger partial charge is 0.103 e. The predicted octanol–water partition coefficient (Wildman–Crippen LogP) is 9.43. The lowest BCUT2D eigenvalue weighted by atomic mass is 10.1. The van der Waals surface area contributed by atoms with Gasteiger partial charge in [-0.15, -0.1) is 19.7 Å². The van der Waals surface area contributed by atoms with E-state index in [4.69, 9.17) is 0 Å². The van der Waals surface area contributed by atoms with Gasteiger partial charge in [-0.05, 0) is 32.1 Å². The van der Waals surface area contributed by atoms with Gasteiger partial charge < -0.3 is 0 Å². The third-order valence-electron chi connectivity index (χ3n) is 3.79. The Bertz CT molecular complexity index is 214. The van der Waals surface area contributed by atoms with Gasteiger partial charge in [0.15, 0.2) is 0 Å². The first-order valence-corrected chi connectivity index (χ1v) is 10.6. The van der Waals surface area contributed by atoms with Crippen molar-refractivity contribution in [3.8, 4) is 0 Å². The van der Waals surface area contributed by atoms with Gasteiger partial charge in [0.05, 0.1) is 0 Å². The summed E-state index contributed by atoms with van der Waals surface area (Å²) < 4.78 is 0. The van der Waals surface area contributed by atoms with Crippen LogP contribution in [0.3, 0.4) is 0 Å². The standard InChI is InChI=1S/C10H20.C8H16.C6H12/c1-3-5-7-9-10-8-6-4-2;1-3-5-7-8-6-4-2;1-3-5-6-4-2/h3H,1,4-10H2,2H3;3H,1,4-8H2,2H3;3H,1,4-6H2,2H3. The normalized spacial score (nSPS) is 9.12. The van der Waals surface area contributed by atoms with E-state index >= 15 is 0 Å². The average Bonchev–Trinajstić information content (AvgIpc) is 2.61. The molecule has 0 aliphatic carbocycles. The summed E-state index contributed by atoms with van der Waals surface area (Å²) >= 11 is 0. The number of hydrogen-bond donors (Lipinski definition) is 0. The van der Waals surface area contributed by atoms with E-state index in [1.54, 1.807) is 0 Å². The Morgan fingerprint density at radius 2 is 0.708 bits per heavy atom. The van der Waals surface area contributed by atoms with Crippen molar-refractivity contribution in [2.75, 3.05) is 0 Å². The highest BCUT2D eigenvalue weighted by molar-refractivity contribution is 4.65. The summed E-state index contributed by atoms with van der Waals surface area (Å²) in [5.41, 5.74) is 0. The second kappa shape index (κ2) is 33.7. The first kappa shape index (κ1) is 28.0. The lowest BCUT2D eigenvalue weighted by Crippen LogP contribution is -1.76. The summed E-state index contributed by atoms with van der Waals surface area (Å²) in [6, 6.07) is 0. The Morgan fingerprint density at radius 3 is 1.04 bits per heavy atom. The molecule has 0 heterocycles. The van der Waals surface area contributed by atoms with Gasteiger partial charge >= 0.3 is 0 Å². The third-order valence-corrected chi connectivity index (χ3v) is 3.79. The van der Waals surface area contributed by atoms with Crippen molar-refractivity contribution in [1.29, 1.82) is 0 Å². The SMILES string of the molecule is C=CCCCC.C=CCCCCCC.C=CCCCCCCCC. The van der Waals surface area contributed by atoms with Gasteiger partial charge in [-0.25, -0.2) is 0 Å². The molecule has 0 aromatic rings. The second-order valence-corrected chi connectivity index (χ2v) is 6.41. The zero-order valence-electron chi connectivity index (χ0n) is 17.5. The zero-order valence-corrected chi connectivity index (χ0v) is 17.5. The van der Waals surface area contributed by atoms with Crippen LogP contribution in [0.4, 0.5) is 0 Å². The van der Waals surface area contributed by atoms with Gasteiger partial charge in [0.2, 0.25) is 0 Å². The molecule has 0 saturated carbocycles. The van der Waals surface area contributed by atoms with E-state index in [1.807, 2.05) is 18.2 Å². The molecular weight excluding hydrogens is 288 g/mol. The van der Waals surface area contributed by atoms with E-state index in [0.717, 1.165) is 0 Å². The van der Waals surface area contributed by atoms with Crippen LogP contribution in [0.1, 0.15) is 117 Å². The maximum Gasteiger partial charge on any atom is -0.0353 e. The molecule has 144 valence electrons. The average molecular weight is 337 g/mol. The molecule has 0 aromatic heterocycles. The number of unbranched alkanes of at least 4 members (excludes halogenated alkanes) is 12. The summed E-state index contributed by atoms with van der Waals surface area (Å²) in [5, 5.41) is 0. The van der Waals surface area contributed by atoms with E-state index in [1.165, 1.54) is 96.3 Å². The number of rotatable bonds is 15. The van der Waals surface area contributed by atoms with Gasteiger partial charge in [0.1, 0.15) is 0 Å². The minimum atomic E-state index is 1.18. The third kappa shape index (κ3) is 42.9. The molecule has 0 saturated heterocycles. The van der Waals surface area contributed by atoms with Crippen molar-refractivity contribution in [2.24, 2.45) is 0 Å². The second-order valence-electron chi connectivity index (χ2n) is 6.41. The van der Waals surface area contributed by atoms with Crippen molar-refractivity contribution >= 4 is 0 Å². The monoisotopic (exact) mass is 336 g/mol. The molecule has 0 heteroatoms. The van der Waals surface area contributed by atoms with Crippen LogP contribution in [-0.4, -0.2) is 0 Å². The Balaban J connectivity index is -0.000000285. The Hall–Kier alpha value is -0.780. The molecule has 0 nitrogen and oxygen atoms in total. The van der Waals surface area contributed by atoms with Crippen molar-refractivity contribution in [2.45, 2.75) is 117 Å². The van der Waals surface area contributed by atoms with Crippen molar-refractivity contribution < 1.29 is 0 Å². The molecule has 0 radical (unpaired) electrons. The molecule has 0 aromatic carbocycles. The van der Waals surface area contributed by atoms with E-state index in [-0.39, 0.29) is 0 Å². The molecule has 0 amide bonds. The summed E-state index contributed by atoms with van der Waals surface area (Å²) in [7, 11) is 0. The smallest absolute Gasteiger partial charge is 0.0353 e. The van der Waals surface area contributed by atoms with E-state index in [0.29, 0.717) is 0 Å². The summed E-state index contributed by atoms with van der Waals surface area (Å²) in [6.07, 6.45) is 25.9. The zero-order chi connectivity index (χ0) is 18.7. The summed E-state index contributed by atoms with van der Waals surface area (Å²) in [4.78, 5) is 0. The first-order chi connectivity index (χ1) is 11.7. The van der Waals surface area contributed by atoms with Crippen LogP contribution in [0, 0.1) is 0 Å². The molecule has 0 N–H and O–H groups in total. The molecule has 0 unspecified atom stereocenters. The molecule has 0 rings (SSSR count).